The summed E-state index contributed by atoms with van der Waals surface area (Å²) in [6.07, 6.45) is 2.85. The standard InChI is InChI=1S/C18H25N3O2/c1-13(22)19-10-14-5-4-8-21(12-14)18(23)17-9-15-6-2-3-7-16(15)11-20-17/h2-3,6-7,14,17,20H,4-5,8-12H2,1H3,(H,19,22)/t14-,17-/m1/s1. The number of nitrogens with zero attached hydrogens (tertiary/aromatic N) is 1. The largest absolute Gasteiger partial charge is 0.356 e. The van der Waals surface area contributed by atoms with Crippen LogP contribution in [0.1, 0.15) is 30.9 Å². The van der Waals surface area contributed by atoms with Crippen LogP contribution in [0.3, 0.4) is 0 Å². The van der Waals surface area contributed by atoms with Crippen molar-refractivity contribution in [3.63, 3.8) is 0 Å². The molecule has 1 fully saturated rings. The Morgan fingerprint density at radius 3 is 2.87 bits per heavy atom. The molecule has 2 aliphatic heterocycles. The summed E-state index contributed by atoms with van der Waals surface area (Å²) < 4.78 is 0. The second-order valence-corrected chi connectivity index (χ2v) is 6.64. The van der Waals surface area contributed by atoms with Crippen LogP contribution >= 0.6 is 0 Å². The number of carbonyl (C=O) groups is 2. The van der Waals surface area contributed by atoms with Crippen LogP contribution < -0.4 is 10.6 Å². The quantitative estimate of drug-likeness (QED) is 0.877. The predicted octanol–water partition coefficient (Wildman–Crippen LogP) is 1.08. The Kier molecular flexibility index (Phi) is 4.96. The number of hydrogen-bond acceptors (Lipinski definition) is 3. The molecule has 2 heterocycles. The van der Waals surface area contributed by atoms with E-state index in [0.29, 0.717) is 12.5 Å². The Labute approximate surface area is 137 Å². The number of piperidine rings is 1. The number of rotatable bonds is 3. The van der Waals surface area contributed by atoms with Crippen molar-refractivity contribution >= 4 is 11.8 Å². The Balaban J connectivity index is 1.59. The maximum atomic E-state index is 12.8. The predicted molar refractivity (Wildman–Crippen MR) is 88.8 cm³/mol. The minimum Gasteiger partial charge on any atom is -0.356 e. The highest BCUT2D eigenvalue weighted by Crippen LogP contribution is 2.21. The van der Waals surface area contributed by atoms with Crippen LogP contribution in [0.25, 0.3) is 0 Å². The lowest BCUT2D eigenvalue weighted by atomic mass is 9.93. The maximum absolute atomic E-state index is 12.8. The van der Waals surface area contributed by atoms with Gasteiger partial charge in [-0.3, -0.25) is 9.59 Å². The normalized spacial score (nSPS) is 24.0. The van der Waals surface area contributed by atoms with E-state index in [-0.39, 0.29) is 17.9 Å². The summed E-state index contributed by atoms with van der Waals surface area (Å²) in [5.74, 6) is 0.568. The summed E-state index contributed by atoms with van der Waals surface area (Å²) in [5.41, 5.74) is 2.56. The van der Waals surface area contributed by atoms with Crippen molar-refractivity contribution in [2.45, 2.75) is 38.8 Å². The molecule has 1 aromatic carbocycles. The summed E-state index contributed by atoms with van der Waals surface area (Å²) in [4.78, 5) is 25.9. The molecule has 5 heteroatoms. The monoisotopic (exact) mass is 315 g/mol. The van der Waals surface area contributed by atoms with Gasteiger partial charge in [0.05, 0.1) is 6.04 Å². The van der Waals surface area contributed by atoms with Crippen molar-refractivity contribution in [1.29, 1.82) is 0 Å². The Bertz CT molecular complexity index is 587. The molecule has 0 aliphatic carbocycles. The number of benzene rings is 1. The van der Waals surface area contributed by atoms with Gasteiger partial charge in [0.25, 0.3) is 0 Å². The minimum absolute atomic E-state index is 0.000922. The van der Waals surface area contributed by atoms with E-state index in [1.165, 1.54) is 18.1 Å². The van der Waals surface area contributed by atoms with Crippen molar-refractivity contribution in [3.05, 3.63) is 35.4 Å². The van der Waals surface area contributed by atoms with Crippen molar-refractivity contribution in [2.75, 3.05) is 19.6 Å². The Morgan fingerprint density at radius 1 is 1.30 bits per heavy atom. The molecular weight excluding hydrogens is 290 g/mol. The molecule has 23 heavy (non-hydrogen) atoms. The third-order valence-corrected chi connectivity index (χ3v) is 4.85. The molecule has 0 saturated carbocycles. The van der Waals surface area contributed by atoms with Gasteiger partial charge in [-0.1, -0.05) is 24.3 Å². The minimum atomic E-state index is -0.121. The summed E-state index contributed by atoms with van der Waals surface area (Å²) in [6.45, 7) is 4.54. The molecule has 1 aromatic rings. The Hall–Kier alpha value is -1.88. The molecule has 0 unspecified atom stereocenters. The maximum Gasteiger partial charge on any atom is 0.240 e. The molecule has 2 atom stereocenters. The number of hydrogen-bond donors (Lipinski definition) is 2. The molecule has 0 radical (unpaired) electrons. The molecule has 2 amide bonds. The fraction of sp³-hybridized carbons (Fsp3) is 0.556. The van der Waals surface area contributed by atoms with Crippen LogP contribution in [0.5, 0.6) is 0 Å². The topological polar surface area (TPSA) is 61.4 Å². The number of fused-ring (bicyclic) bond motifs is 1. The molecule has 2 N–H and O–H groups in total. The van der Waals surface area contributed by atoms with Gasteiger partial charge < -0.3 is 15.5 Å². The summed E-state index contributed by atoms with van der Waals surface area (Å²) >= 11 is 0. The molecule has 1 saturated heterocycles. The smallest absolute Gasteiger partial charge is 0.240 e. The van der Waals surface area contributed by atoms with Gasteiger partial charge in [-0.05, 0) is 36.3 Å². The van der Waals surface area contributed by atoms with Gasteiger partial charge in [0.1, 0.15) is 0 Å². The van der Waals surface area contributed by atoms with Crippen LogP contribution in [0, 0.1) is 5.92 Å². The first-order valence-electron chi connectivity index (χ1n) is 8.47. The zero-order valence-electron chi connectivity index (χ0n) is 13.7. The fourth-order valence-electron chi connectivity index (χ4n) is 3.57. The zero-order valence-corrected chi connectivity index (χ0v) is 13.7. The van der Waals surface area contributed by atoms with Gasteiger partial charge >= 0.3 is 0 Å². The van der Waals surface area contributed by atoms with Gasteiger partial charge in [0.15, 0.2) is 0 Å². The van der Waals surface area contributed by atoms with Crippen molar-refractivity contribution in [3.8, 4) is 0 Å². The lowest BCUT2D eigenvalue weighted by molar-refractivity contribution is -0.135. The molecule has 2 aliphatic rings. The van der Waals surface area contributed by atoms with Crippen LogP contribution in [-0.2, 0) is 22.6 Å². The average molecular weight is 315 g/mol. The first-order chi connectivity index (χ1) is 11.1. The fourth-order valence-corrected chi connectivity index (χ4v) is 3.57. The van der Waals surface area contributed by atoms with Gasteiger partial charge in [-0.25, -0.2) is 0 Å². The van der Waals surface area contributed by atoms with Gasteiger partial charge in [0, 0.05) is 33.1 Å². The van der Waals surface area contributed by atoms with E-state index in [1.807, 2.05) is 17.0 Å². The van der Waals surface area contributed by atoms with Gasteiger partial charge in [-0.2, -0.15) is 0 Å². The number of likely N-dealkylation sites (tertiary alicyclic amines) is 1. The third-order valence-electron chi connectivity index (χ3n) is 4.85. The summed E-state index contributed by atoms with van der Waals surface area (Å²) in [6, 6.07) is 8.19. The molecule has 3 rings (SSSR count). The summed E-state index contributed by atoms with van der Waals surface area (Å²) in [7, 11) is 0. The van der Waals surface area contributed by atoms with E-state index >= 15 is 0 Å². The van der Waals surface area contributed by atoms with E-state index in [2.05, 4.69) is 22.8 Å². The second kappa shape index (κ2) is 7.13. The number of nitrogens with one attached hydrogen (secondary N) is 2. The molecular formula is C18H25N3O2. The summed E-state index contributed by atoms with van der Waals surface area (Å²) in [5, 5.41) is 6.25. The highest BCUT2D eigenvalue weighted by molar-refractivity contribution is 5.82. The number of amides is 2. The molecule has 5 nitrogen and oxygen atoms in total. The van der Waals surface area contributed by atoms with Crippen molar-refractivity contribution < 1.29 is 9.59 Å². The third kappa shape index (κ3) is 3.91. The van der Waals surface area contributed by atoms with E-state index in [0.717, 1.165) is 38.9 Å². The molecule has 0 bridgehead atoms. The first kappa shape index (κ1) is 16.0. The zero-order chi connectivity index (χ0) is 16.2. The van der Waals surface area contributed by atoms with Crippen LogP contribution in [0.2, 0.25) is 0 Å². The lowest BCUT2D eigenvalue weighted by Gasteiger charge is -2.36. The second-order valence-electron chi connectivity index (χ2n) is 6.64. The highest BCUT2D eigenvalue weighted by atomic mass is 16.2. The van der Waals surface area contributed by atoms with Crippen molar-refractivity contribution in [2.24, 2.45) is 5.92 Å². The van der Waals surface area contributed by atoms with Crippen molar-refractivity contribution in [1.82, 2.24) is 15.5 Å². The van der Waals surface area contributed by atoms with Crippen LogP contribution in [0.4, 0.5) is 0 Å². The Morgan fingerprint density at radius 2 is 2.09 bits per heavy atom. The van der Waals surface area contributed by atoms with E-state index in [1.54, 1.807) is 0 Å². The van der Waals surface area contributed by atoms with E-state index in [9.17, 15) is 9.59 Å². The number of carbonyl (C=O) groups excluding carboxylic acids is 2. The van der Waals surface area contributed by atoms with Gasteiger partial charge in [-0.15, -0.1) is 0 Å². The van der Waals surface area contributed by atoms with Crippen LogP contribution in [0.15, 0.2) is 24.3 Å². The van der Waals surface area contributed by atoms with Gasteiger partial charge in [0.2, 0.25) is 11.8 Å². The van der Waals surface area contributed by atoms with Crippen LogP contribution in [-0.4, -0.2) is 42.4 Å². The SMILES string of the molecule is CC(=O)NC[C@H]1CCCN(C(=O)[C@H]2Cc3ccccc3CN2)C1. The first-order valence-corrected chi connectivity index (χ1v) is 8.47. The molecule has 0 spiro atoms. The van der Waals surface area contributed by atoms with E-state index < -0.39 is 0 Å². The molecule has 124 valence electrons. The molecule has 0 aromatic heterocycles. The average Bonchev–Trinajstić information content (AvgIpc) is 2.59. The highest BCUT2D eigenvalue weighted by Gasteiger charge is 2.30. The lowest BCUT2D eigenvalue weighted by Crippen LogP contribution is -2.52. The van der Waals surface area contributed by atoms with E-state index in [4.69, 9.17) is 0 Å².